The number of nitrogens with two attached hydrogens (primary N) is 1. The minimum absolute atomic E-state index is 0.0115. The van der Waals surface area contributed by atoms with Crippen molar-refractivity contribution in [3.8, 4) is 0 Å². The smallest absolute Gasteiger partial charge is 0.472 e. The van der Waals surface area contributed by atoms with Crippen molar-refractivity contribution in [3.63, 3.8) is 0 Å². The number of ether oxygens (including phenoxy) is 2. The number of carboxylic acid groups (broad SMARTS) is 1. The Balaban J connectivity index is 4.21. The quantitative estimate of drug-likeness (QED) is 0.0241. The number of phosphoric acid groups is 1. The third-order valence-electron chi connectivity index (χ3n) is 8.42. The maximum atomic E-state index is 12.5. The maximum Gasteiger partial charge on any atom is 0.472 e. The molecule has 0 radical (unpaired) electrons. The van der Waals surface area contributed by atoms with Gasteiger partial charge in [-0.15, -0.1) is 0 Å². The monoisotopic (exact) mass is 744 g/mol. The van der Waals surface area contributed by atoms with Crippen LogP contribution in [0.2, 0.25) is 0 Å². The summed E-state index contributed by atoms with van der Waals surface area (Å²) >= 11 is 0. The summed E-state index contributed by atoms with van der Waals surface area (Å²) in [6.45, 7) is 3.80. The number of aliphatic carboxylic acids is 1. The predicted octanol–water partition coefficient (Wildman–Crippen LogP) is 10.5. The highest BCUT2D eigenvalue weighted by Gasteiger charge is 2.27. The van der Waals surface area contributed by atoms with E-state index in [0.29, 0.717) is 13.0 Å². The lowest BCUT2D eigenvalue weighted by atomic mass is 10.1. The van der Waals surface area contributed by atoms with Crippen molar-refractivity contribution < 1.29 is 42.7 Å². The molecule has 298 valence electrons. The van der Waals surface area contributed by atoms with E-state index in [1.807, 2.05) is 0 Å². The summed E-state index contributed by atoms with van der Waals surface area (Å²) in [4.78, 5) is 33.3. The molecule has 3 atom stereocenters. The molecule has 51 heavy (non-hydrogen) atoms. The largest absolute Gasteiger partial charge is 0.480 e. The Morgan fingerprint density at radius 1 is 0.627 bits per heavy atom. The molecule has 11 heteroatoms. The van der Waals surface area contributed by atoms with Gasteiger partial charge in [-0.3, -0.25) is 18.6 Å². The van der Waals surface area contributed by atoms with Gasteiger partial charge in [0.05, 0.1) is 19.8 Å². The number of esters is 1. The van der Waals surface area contributed by atoms with Crippen molar-refractivity contribution in [2.24, 2.45) is 5.73 Å². The van der Waals surface area contributed by atoms with Gasteiger partial charge in [0.2, 0.25) is 0 Å². The SMILES string of the molecule is CCCCC/C=C\C/C=C\C/C=C\CCCCCCCCCOCC(COP(=O)(O)OCC(N)C(=O)O)OC(=O)CCCCCCCCCCC. The van der Waals surface area contributed by atoms with E-state index in [0.717, 1.165) is 57.8 Å². The first kappa shape index (κ1) is 49.2. The van der Waals surface area contributed by atoms with Crippen molar-refractivity contribution >= 4 is 19.8 Å². The Bertz CT molecular complexity index is 956. The van der Waals surface area contributed by atoms with Crippen LogP contribution in [0.1, 0.15) is 168 Å². The van der Waals surface area contributed by atoms with E-state index in [-0.39, 0.29) is 13.0 Å². The first-order valence-electron chi connectivity index (χ1n) is 20.0. The molecule has 0 aromatic heterocycles. The van der Waals surface area contributed by atoms with Gasteiger partial charge in [0.1, 0.15) is 12.1 Å². The minimum Gasteiger partial charge on any atom is -0.480 e. The first-order chi connectivity index (χ1) is 24.7. The lowest BCUT2D eigenvalue weighted by Crippen LogP contribution is -2.34. The van der Waals surface area contributed by atoms with Crippen LogP contribution >= 0.6 is 7.82 Å². The molecule has 0 amide bonds. The molecule has 0 aromatic carbocycles. The number of rotatable bonds is 38. The fraction of sp³-hybridized carbons (Fsp3) is 0.800. The molecular weight excluding hydrogens is 669 g/mol. The van der Waals surface area contributed by atoms with E-state index in [9.17, 15) is 19.0 Å². The molecule has 0 spiro atoms. The molecule has 0 aromatic rings. The average molecular weight is 744 g/mol. The minimum atomic E-state index is -4.61. The Hall–Kier alpha value is -1.81. The highest BCUT2D eigenvalue weighted by molar-refractivity contribution is 7.47. The normalized spacial score (nSPS) is 14.4. The van der Waals surface area contributed by atoms with Gasteiger partial charge in [0, 0.05) is 13.0 Å². The lowest BCUT2D eigenvalue weighted by molar-refractivity contribution is -0.154. The summed E-state index contributed by atoms with van der Waals surface area (Å²) < 4.78 is 33.2. The van der Waals surface area contributed by atoms with Gasteiger partial charge in [-0.05, 0) is 51.4 Å². The topological polar surface area (TPSA) is 155 Å². The van der Waals surface area contributed by atoms with Crippen LogP contribution in [0, 0.1) is 0 Å². The van der Waals surface area contributed by atoms with E-state index in [4.69, 9.17) is 24.8 Å². The summed E-state index contributed by atoms with van der Waals surface area (Å²) in [7, 11) is -4.61. The zero-order chi connectivity index (χ0) is 37.7. The van der Waals surface area contributed by atoms with Crippen LogP contribution in [0.3, 0.4) is 0 Å². The molecule has 0 aliphatic heterocycles. The standard InChI is InChI=1S/C40H74NO9P/c1-3-5-7-9-11-13-14-15-16-17-18-19-20-21-22-23-25-27-29-31-33-47-34-37(35-48-51(45,46)49-36-38(41)40(43)44)50-39(42)32-30-28-26-24-12-10-8-6-4-2/h11,13,15-16,18-19,37-38H,3-10,12,14,17,20-36,41H2,1-2H3,(H,43,44)(H,45,46)/b13-11-,16-15-,19-18-. The van der Waals surface area contributed by atoms with Crippen molar-refractivity contribution in [1.82, 2.24) is 0 Å². The Morgan fingerprint density at radius 2 is 1.08 bits per heavy atom. The highest BCUT2D eigenvalue weighted by atomic mass is 31.2. The highest BCUT2D eigenvalue weighted by Crippen LogP contribution is 2.43. The Labute approximate surface area is 310 Å². The summed E-state index contributed by atoms with van der Waals surface area (Å²) in [6.07, 6.45) is 39.2. The van der Waals surface area contributed by atoms with E-state index in [2.05, 4.69) is 54.8 Å². The van der Waals surface area contributed by atoms with Crippen LogP contribution in [-0.2, 0) is 32.7 Å². The number of hydrogen-bond donors (Lipinski definition) is 3. The molecule has 0 aliphatic rings. The van der Waals surface area contributed by atoms with Gasteiger partial charge in [-0.25, -0.2) is 4.57 Å². The molecule has 10 nitrogen and oxygen atoms in total. The molecule has 3 unspecified atom stereocenters. The second-order valence-electron chi connectivity index (χ2n) is 13.4. The summed E-state index contributed by atoms with van der Waals surface area (Å²) in [5.74, 6) is -1.79. The Morgan fingerprint density at radius 3 is 1.65 bits per heavy atom. The van der Waals surface area contributed by atoms with Crippen molar-refractivity contribution in [2.75, 3.05) is 26.4 Å². The van der Waals surface area contributed by atoms with Crippen molar-refractivity contribution in [3.05, 3.63) is 36.5 Å². The van der Waals surface area contributed by atoms with Crippen LogP contribution in [0.15, 0.2) is 36.5 Å². The zero-order valence-corrected chi connectivity index (χ0v) is 33.1. The maximum absolute atomic E-state index is 12.5. The third kappa shape index (κ3) is 36.3. The fourth-order valence-electron chi connectivity index (χ4n) is 5.26. The number of carbonyl (C=O) groups excluding carboxylic acids is 1. The number of unbranched alkanes of at least 4 members (excludes halogenated alkanes) is 18. The van der Waals surface area contributed by atoms with Crippen LogP contribution in [-0.4, -0.2) is 60.5 Å². The van der Waals surface area contributed by atoms with Gasteiger partial charge in [0.25, 0.3) is 0 Å². The summed E-state index contributed by atoms with van der Waals surface area (Å²) in [5.41, 5.74) is 5.33. The van der Waals surface area contributed by atoms with Crippen LogP contribution in [0.5, 0.6) is 0 Å². The van der Waals surface area contributed by atoms with E-state index in [1.54, 1.807) is 0 Å². The van der Waals surface area contributed by atoms with Crippen molar-refractivity contribution in [1.29, 1.82) is 0 Å². The number of hydrogen-bond acceptors (Lipinski definition) is 8. The molecule has 0 fully saturated rings. The molecule has 0 aliphatic carbocycles. The first-order valence-corrected chi connectivity index (χ1v) is 21.5. The zero-order valence-electron chi connectivity index (χ0n) is 32.2. The molecule has 0 saturated carbocycles. The second-order valence-corrected chi connectivity index (χ2v) is 14.9. The second kappa shape index (κ2) is 36.5. The third-order valence-corrected chi connectivity index (χ3v) is 9.37. The fourth-order valence-corrected chi connectivity index (χ4v) is 6.03. The molecule has 0 bridgehead atoms. The number of allylic oxidation sites excluding steroid dienone is 6. The van der Waals surface area contributed by atoms with Gasteiger partial charge in [0.15, 0.2) is 0 Å². The Kier molecular flexibility index (Phi) is 35.2. The van der Waals surface area contributed by atoms with Crippen LogP contribution < -0.4 is 5.73 Å². The molecule has 0 rings (SSSR count). The lowest BCUT2D eigenvalue weighted by Gasteiger charge is -2.20. The van der Waals surface area contributed by atoms with Gasteiger partial charge in [-0.2, -0.15) is 0 Å². The molecule has 4 N–H and O–H groups in total. The van der Waals surface area contributed by atoms with E-state index >= 15 is 0 Å². The van der Waals surface area contributed by atoms with Gasteiger partial charge in [-0.1, -0.05) is 147 Å². The van der Waals surface area contributed by atoms with Crippen molar-refractivity contribution in [2.45, 2.75) is 180 Å². The molecule has 0 saturated heterocycles. The molecular formula is C40H74NO9P. The average Bonchev–Trinajstić information content (AvgIpc) is 3.10. The molecule has 0 heterocycles. The van der Waals surface area contributed by atoms with Gasteiger partial charge < -0.3 is 25.2 Å². The van der Waals surface area contributed by atoms with Crippen LogP contribution in [0.4, 0.5) is 0 Å². The number of carbonyl (C=O) groups is 2. The van der Waals surface area contributed by atoms with Gasteiger partial charge >= 0.3 is 19.8 Å². The van der Waals surface area contributed by atoms with E-state index < -0.39 is 45.1 Å². The number of carboxylic acids is 1. The summed E-state index contributed by atoms with van der Waals surface area (Å²) in [6, 6.07) is -1.47. The van der Waals surface area contributed by atoms with Crippen LogP contribution in [0.25, 0.3) is 0 Å². The number of phosphoric ester groups is 1. The summed E-state index contributed by atoms with van der Waals surface area (Å²) in [5, 5.41) is 8.86. The predicted molar refractivity (Wildman–Crippen MR) is 208 cm³/mol. The van der Waals surface area contributed by atoms with E-state index in [1.165, 1.54) is 83.5 Å².